The van der Waals surface area contributed by atoms with Crippen LogP contribution in [0.5, 0.6) is 0 Å². The molecule has 0 saturated heterocycles. The van der Waals surface area contributed by atoms with E-state index < -0.39 is 0 Å². The van der Waals surface area contributed by atoms with Crippen LogP contribution in [-0.4, -0.2) is 9.55 Å². The number of hydrogen-bond acceptors (Lipinski definition) is 1. The first kappa shape index (κ1) is 11.3. The van der Waals surface area contributed by atoms with E-state index in [-0.39, 0.29) is 0 Å². The van der Waals surface area contributed by atoms with Gasteiger partial charge in [-0.15, -0.1) is 0 Å². The van der Waals surface area contributed by atoms with Gasteiger partial charge in [-0.05, 0) is 18.6 Å². The summed E-state index contributed by atoms with van der Waals surface area (Å²) in [5.41, 5.74) is 4.75. The average molecular weight is 257 g/mol. The Morgan fingerprint density at radius 3 is 2.61 bits per heavy atom. The van der Waals surface area contributed by atoms with E-state index in [0.29, 0.717) is 5.15 Å². The number of rotatable bonds is 1. The molecule has 0 atom stereocenters. The van der Waals surface area contributed by atoms with Crippen LogP contribution in [0, 0.1) is 6.92 Å². The average Bonchev–Trinajstić information content (AvgIpc) is 2.67. The van der Waals surface area contributed by atoms with Crippen LogP contribution in [0.4, 0.5) is 0 Å². The van der Waals surface area contributed by atoms with Gasteiger partial charge in [-0.25, -0.2) is 4.98 Å². The Morgan fingerprint density at radius 2 is 1.89 bits per heavy atom. The zero-order valence-corrected chi connectivity index (χ0v) is 11.1. The molecule has 2 nitrogen and oxygen atoms in total. The van der Waals surface area contributed by atoms with Crippen molar-refractivity contribution in [3.63, 3.8) is 0 Å². The molecule has 0 N–H and O–H groups in total. The van der Waals surface area contributed by atoms with E-state index in [2.05, 4.69) is 46.9 Å². The number of benzene rings is 1. The minimum atomic E-state index is 0.530. The fourth-order valence-corrected chi connectivity index (χ4v) is 2.37. The normalized spacial score (nSPS) is 11.1. The quantitative estimate of drug-likeness (QED) is 0.597. The minimum Gasteiger partial charge on any atom is -0.349 e. The number of fused-ring (bicyclic) bond motifs is 1. The Hall–Kier alpha value is -1.80. The van der Waals surface area contributed by atoms with E-state index >= 15 is 0 Å². The highest BCUT2D eigenvalue weighted by Crippen LogP contribution is 2.31. The molecule has 18 heavy (non-hydrogen) atoms. The van der Waals surface area contributed by atoms with E-state index in [1.54, 1.807) is 0 Å². The summed E-state index contributed by atoms with van der Waals surface area (Å²) in [4.78, 5) is 4.13. The topological polar surface area (TPSA) is 17.8 Å². The third-order valence-electron chi connectivity index (χ3n) is 3.21. The van der Waals surface area contributed by atoms with Crippen molar-refractivity contribution in [2.75, 3.05) is 0 Å². The summed E-state index contributed by atoms with van der Waals surface area (Å²) in [6.07, 6.45) is 3.93. The molecule has 3 heteroatoms. The van der Waals surface area contributed by atoms with Crippen LogP contribution in [0.3, 0.4) is 0 Å². The maximum absolute atomic E-state index is 5.99. The van der Waals surface area contributed by atoms with Crippen LogP contribution >= 0.6 is 11.6 Å². The van der Waals surface area contributed by atoms with Crippen molar-refractivity contribution < 1.29 is 0 Å². The highest BCUT2D eigenvalue weighted by atomic mass is 35.5. The van der Waals surface area contributed by atoms with Gasteiger partial charge in [0.2, 0.25) is 0 Å². The molecule has 0 amide bonds. The van der Waals surface area contributed by atoms with Crippen molar-refractivity contribution in [3.05, 3.63) is 53.4 Å². The second-order valence-electron chi connectivity index (χ2n) is 4.54. The van der Waals surface area contributed by atoms with Gasteiger partial charge in [0.1, 0.15) is 5.15 Å². The van der Waals surface area contributed by atoms with Gasteiger partial charge in [-0.1, -0.05) is 41.4 Å². The lowest BCUT2D eigenvalue weighted by molar-refractivity contribution is 0.966. The number of aromatic nitrogens is 2. The van der Waals surface area contributed by atoms with Crippen molar-refractivity contribution in [2.45, 2.75) is 6.92 Å². The molecule has 3 rings (SSSR count). The summed E-state index contributed by atoms with van der Waals surface area (Å²) in [5.74, 6) is 0. The number of pyridine rings is 1. The van der Waals surface area contributed by atoms with Crippen LogP contribution < -0.4 is 0 Å². The van der Waals surface area contributed by atoms with Crippen molar-refractivity contribution >= 4 is 22.5 Å². The van der Waals surface area contributed by atoms with Crippen LogP contribution in [0.1, 0.15) is 5.56 Å². The van der Waals surface area contributed by atoms with Gasteiger partial charge < -0.3 is 4.57 Å². The molecule has 1 aromatic carbocycles. The SMILES string of the molecule is Cc1ccc(-c2cn(C)c3cnc(Cl)cc23)cc1. The zero-order chi connectivity index (χ0) is 12.7. The Bertz CT molecular complexity index is 711. The standard InChI is InChI=1S/C15H13ClN2/c1-10-3-5-11(6-4-10)13-9-18(2)14-8-17-15(16)7-12(13)14/h3-9H,1-2H3. The molecule has 0 saturated carbocycles. The van der Waals surface area contributed by atoms with Crippen molar-refractivity contribution in [3.8, 4) is 11.1 Å². The fraction of sp³-hybridized carbons (Fsp3) is 0.133. The van der Waals surface area contributed by atoms with Crippen LogP contribution in [0.25, 0.3) is 22.0 Å². The predicted molar refractivity (Wildman–Crippen MR) is 75.9 cm³/mol. The molecule has 0 aliphatic rings. The predicted octanol–water partition coefficient (Wildman–Crippen LogP) is 4.20. The number of aryl methyl sites for hydroxylation is 2. The highest BCUT2D eigenvalue weighted by Gasteiger charge is 2.09. The largest absolute Gasteiger partial charge is 0.349 e. The number of halogens is 1. The van der Waals surface area contributed by atoms with Crippen molar-refractivity contribution in [2.24, 2.45) is 7.05 Å². The lowest BCUT2D eigenvalue weighted by Crippen LogP contribution is -1.84. The van der Waals surface area contributed by atoms with Gasteiger partial charge in [0.15, 0.2) is 0 Å². The Balaban J connectivity index is 2.28. The molecule has 0 spiro atoms. The second kappa shape index (κ2) is 4.14. The monoisotopic (exact) mass is 256 g/mol. The third-order valence-corrected chi connectivity index (χ3v) is 3.41. The first-order valence-electron chi connectivity index (χ1n) is 5.83. The molecule has 2 heterocycles. The zero-order valence-electron chi connectivity index (χ0n) is 10.3. The lowest BCUT2D eigenvalue weighted by atomic mass is 10.0. The molecule has 3 aromatic rings. The Morgan fingerprint density at radius 1 is 1.17 bits per heavy atom. The Labute approximate surface area is 111 Å². The van der Waals surface area contributed by atoms with Gasteiger partial charge in [-0.2, -0.15) is 0 Å². The molecule has 90 valence electrons. The summed E-state index contributed by atoms with van der Waals surface area (Å²) >= 11 is 5.99. The van der Waals surface area contributed by atoms with Gasteiger partial charge in [0.05, 0.1) is 11.7 Å². The van der Waals surface area contributed by atoms with Gasteiger partial charge in [-0.3, -0.25) is 0 Å². The molecule has 0 fully saturated rings. The summed E-state index contributed by atoms with van der Waals surface area (Å²) < 4.78 is 2.08. The molecule has 0 unspecified atom stereocenters. The molecule has 0 bridgehead atoms. The van der Waals surface area contributed by atoms with Crippen molar-refractivity contribution in [1.82, 2.24) is 9.55 Å². The molecule has 0 radical (unpaired) electrons. The van der Waals surface area contributed by atoms with E-state index in [0.717, 1.165) is 10.9 Å². The summed E-state index contributed by atoms with van der Waals surface area (Å²) in [6.45, 7) is 2.09. The maximum Gasteiger partial charge on any atom is 0.129 e. The van der Waals surface area contributed by atoms with E-state index in [1.165, 1.54) is 16.7 Å². The van der Waals surface area contributed by atoms with Crippen LogP contribution in [0.15, 0.2) is 42.7 Å². The van der Waals surface area contributed by atoms with Gasteiger partial charge in [0.25, 0.3) is 0 Å². The first-order valence-corrected chi connectivity index (χ1v) is 6.20. The van der Waals surface area contributed by atoms with Crippen molar-refractivity contribution in [1.29, 1.82) is 0 Å². The van der Waals surface area contributed by atoms with E-state index in [4.69, 9.17) is 11.6 Å². The maximum atomic E-state index is 5.99. The molecule has 0 aliphatic heterocycles. The first-order chi connectivity index (χ1) is 8.65. The number of nitrogens with zero attached hydrogens (tertiary/aromatic N) is 2. The third kappa shape index (κ3) is 1.79. The summed E-state index contributed by atoms with van der Waals surface area (Å²) in [6, 6.07) is 10.4. The molecular weight excluding hydrogens is 244 g/mol. The van der Waals surface area contributed by atoms with E-state index in [9.17, 15) is 0 Å². The van der Waals surface area contributed by atoms with Crippen LogP contribution in [-0.2, 0) is 7.05 Å². The minimum absolute atomic E-state index is 0.530. The smallest absolute Gasteiger partial charge is 0.129 e. The molecule has 0 aliphatic carbocycles. The Kier molecular flexibility index (Phi) is 2.60. The summed E-state index contributed by atoms with van der Waals surface area (Å²) in [5, 5.41) is 1.67. The molecular formula is C15H13ClN2. The van der Waals surface area contributed by atoms with E-state index in [1.807, 2.05) is 19.3 Å². The van der Waals surface area contributed by atoms with Gasteiger partial charge >= 0.3 is 0 Å². The van der Waals surface area contributed by atoms with Gasteiger partial charge in [0, 0.05) is 24.2 Å². The summed E-state index contributed by atoms with van der Waals surface area (Å²) in [7, 11) is 2.02. The molecule has 2 aromatic heterocycles. The second-order valence-corrected chi connectivity index (χ2v) is 4.93. The highest BCUT2D eigenvalue weighted by molar-refractivity contribution is 6.30. The lowest BCUT2D eigenvalue weighted by Gasteiger charge is -2.00. The van der Waals surface area contributed by atoms with Crippen LogP contribution in [0.2, 0.25) is 5.15 Å². The fourth-order valence-electron chi connectivity index (χ4n) is 2.22. The number of hydrogen-bond donors (Lipinski definition) is 0.